The van der Waals surface area contributed by atoms with Gasteiger partial charge in [0.1, 0.15) is 5.01 Å². The number of halogens is 1. The van der Waals surface area contributed by atoms with Crippen molar-refractivity contribution in [3.63, 3.8) is 0 Å². The highest BCUT2D eigenvalue weighted by Crippen LogP contribution is 2.23. The summed E-state index contributed by atoms with van der Waals surface area (Å²) in [6.07, 6.45) is 2.63. The lowest BCUT2D eigenvalue weighted by Gasteiger charge is -1.94. The summed E-state index contributed by atoms with van der Waals surface area (Å²) in [7, 11) is 0. The lowest BCUT2D eigenvalue weighted by atomic mass is 10.3. The average molecular weight is 196 g/mol. The van der Waals surface area contributed by atoms with E-state index in [1.54, 1.807) is 0 Å². The number of nitrogens with two attached hydrogens (primary N) is 1. The highest BCUT2D eigenvalue weighted by Gasteiger charge is 2.08. The summed E-state index contributed by atoms with van der Waals surface area (Å²) in [6, 6.07) is 1.54. The Morgan fingerprint density at radius 1 is 1.46 bits per heavy atom. The summed E-state index contributed by atoms with van der Waals surface area (Å²) in [5.41, 5.74) is 5.70. The molecule has 2 aromatic rings. The molecule has 6 heteroatoms. The first-order chi connectivity index (χ1) is 6.27. The lowest BCUT2D eigenvalue weighted by Crippen LogP contribution is -1.87. The summed E-state index contributed by atoms with van der Waals surface area (Å²) < 4.78 is 16.9. The van der Waals surface area contributed by atoms with Crippen LogP contribution in [0.25, 0.3) is 10.6 Å². The summed E-state index contributed by atoms with van der Waals surface area (Å²) in [4.78, 5) is 7.49. The van der Waals surface area contributed by atoms with Crippen LogP contribution in [0.2, 0.25) is 0 Å². The molecule has 0 radical (unpaired) electrons. The first-order valence-electron chi connectivity index (χ1n) is 3.46. The topological polar surface area (TPSA) is 64.7 Å². The van der Waals surface area contributed by atoms with Crippen molar-refractivity contribution in [2.24, 2.45) is 0 Å². The van der Waals surface area contributed by atoms with E-state index in [1.165, 1.54) is 12.3 Å². The number of pyridine rings is 1. The summed E-state index contributed by atoms with van der Waals surface area (Å²) >= 11 is 1.06. The third-order valence-corrected chi connectivity index (χ3v) is 2.21. The predicted molar refractivity (Wildman–Crippen MR) is 47.5 cm³/mol. The molecule has 0 amide bonds. The Morgan fingerprint density at radius 2 is 2.31 bits per heavy atom. The van der Waals surface area contributed by atoms with Crippen molar-refractivity contribution in [1.82, 2.24) is 14.3 Å². The number of nitrogen functional groups attached to an aromatic ring is 1. The quantitative estimate of drug-likeness (QED) is 0.747. The SMILES string of the molecule is Nc1nsc(-c2ccncc2F)n1. The molecule has 2 aromatic heterocycles. The van der Waals surface area contributed by atoms with Crippen LogP contribution in [0.1, 0.15) is 0 Å². The van der Waals surface area contributed by atoms with E-state index in [-0.39, 0.29) is 5.95 Å². The zero-order valence-corrected chi connectivity index (χ0v) is 7.25. The van der Waals surface area contributed by atoms with Crippen molar-refractivity contribution in [2.75, 3.05) is 5.73 Å². The molecule has 0 spiro atoms. The van der Waals surface area contributed by atoms with Gasteiger partial charge in [0.2, 0.25) is 5.95 Å². The third-order valence-electron chi connectivity index (χ3n) is 1.44. The van der Waals surface area contributed by atoms with Crippen LogP contribution < -0.4 is 5.73 Å². The van der Waals surface area contributed by atoms with Gasteiger partial charge in [-0.25, -0.2) is 4.39 Å². The van der Waals surface area contributed by atoms with Gasteiger partial charge >= 0.3 is 0 Å². The molecular formula is C7H5FN4S. The fraction of sp³-hybridized carbons (Fsp3) is 0. The van der Waals surface area contributed by atoms with E-state index in [2.05, 4.69) is 14.3 Å². The second-order valence-electron chi connectivity index (χ2n) is 2.31. The number of hydrogen-bond acceptors (Lipinski definition) is 5. The van der Waals surface area contributed by atoms with Gasteiger partial charge in [-0.05, 0) is 17.6 Å². The van der Waals surface area contributed by atoms with E-state index < -0.39 is 5.82 Å². The van der Waals surface area contributed by atoms with Crippen molar-refractivity contribution in [1.29, 1.82) is 0 Å². The smallest absolute Gasteiger partial charge is 0.232 e. The molecule has 0 fully saturated rings. The van der Waals surface area contributed by atoms with Crippen molar-refractivity contribution in [2.45, 2.75) is 0 Å². The Balaban J connectivity index is 2.52. The fourth-order valence-electron chi connectivity index (χ4n) is 0.893. The largest absolute Gasteiger partial charge is 0.367 e. The molecule has 0 aromatic carbocycles. The van der Waals surface area contributed by atoms with Crippen LogP contribution in [0.15, 0.2) is 18.5 Å². The Kier molecular flexibility index (Phi) is 1.90. The average Bonchev–Trinajstić information content (AvgIpc) is 2.53. The lowest BCUT2D eigenvalue weighted by molar-refractivity contribution is 0.625. The van der Waals surface area contributed by atoms with Gasteiger partial charge in [-0.3, -0.25) is 4.98 Å². The van der Waals surface area contributed by atoms with Crippen molar-refractivity contribution >= 4 is 17.5 Å². The normalized spacial score (nSPS) is 10.2. The number of aromatic nitrogens is 3. The zero-order valence-electron chi connectivity index (χ0n) is 6.44. The molecule has 66 valence electrons. The molecule has 2 N–H and O–H groups in total. The minimum absolute atomic E-state index is 0.163. The van der Waals surface area contributed by atoms with E-state index >= 15 is 0 Å². The maximum absolute atomic E-state index is 13.1. The minimum Gasteiger partial charge on any atom is -0.367 e. The van der Waals surface area contributed by atoms with Crippen LogP contribution in [0.4, 0.5) is 10.3 Å². The summed E-state index contributed by atoms with van der Waals surface area (Å²) in [6.45, 7) is 0. The molecule has 2 rings (SSSR count). The van der Waals surface area contributed by atoms with E-state index in [0.717, 1.165) is 17.7 Å². The molecule has 0 aliphatic heterocycles. The Hall–Kier alpha value is -1.56. The van der Waals surface area contributed by atoms with E-state index in [9.17, 15) is 4.39 Å². The zero-order chi connectivity index (χ0) is 9.26. The third kappa shape index (κ3) is 1.48. The predicted octanol–water partition coefficient (Wildman–Crippen LogP) is 1.32. The van der Waals surface area contributed by atoms with Gasteiger partial charge in [0.15, 0.2) is 5.82 Å². The van der Waals surface area contributed by atoms with Crippen LogP contribution in [0, 0.1) is 5.82 Å². The summed E-state index contributed by atoms with van der Waals surface area (Å²) in [5, 5.41) is 0.470. The molecule has 0 saturated heterocycles. The second kappa shape index (κ2) is 3.06. The minimum atomic E-state index is -0.418. The molecule has 0 atom stereocenters. The fourth-order valence-corrected chi connectivity index (χ4v) is 1.51. The first-order valence-corrected chi connectivity index (χ1v) is 4.24. The molecule has 0 aliphatic rings. The number of rotatable bonds is 1. The molecule has 0 bridgehead atoms. The Morgan fingerprint density at radius 3 is 2.92 bits per heavy atom. The molecule has 0 saturated carbocycles. The van der Waals surface area contributed by atoms with Crippen molar-refractivity contribution < 1.29 is 4.39 Å². The van der Waals surface area contributed by atoms with Crippen LogP contribution in [-0.4, -0.2) is 14.3 Å². The van der Waals surface area contributed by atoms with Crippen LogP contribution >= 0.6 is 11.5 Å². The first kappa shape index (κ1) is 8.06. The van der Waals surface area contributed by atoms with Crippen LogP contribution in [-0.2, 0) is 0 Å². The van der Waals surface area contributed by atoms with E-state index in [0.29, 0.717) is 10.6 Å². The highest BCUT2D eigenvalue weighted by atomic mass is 32.1. The van der Waals surface area contributed by atoms with Crippen molar-refractivity contribution in [3.05, 3.63) is 24.3 Å². The van der Waals surface area contributed by atoms with Gasteiger partial charge in [-0.1, -0.05) is 0 Å². The second-order valence-corrected chi connectivity index (χ2v) is 3.07. The van der Waals surface area contributed by atoms with Gasteiger partial charge in [0, 0.05) is 6.20 Å². The Labute approximate surface area is 77.4 Å². The molecule has 4 nitrogen and oxygen atoms in total. The number of nitrogens with zero attached hydrogens (tertiary/aromatic N) is 3. The van der Waals surface area contributed by atoms with Crippen LogP contribution in [0.5, 0.6) is 0 Å². The van der Waals surface area contributed by atoms with Crippen LogP contribution in [0.3, 0.4) is 0 Å². The maximum Gasteiger partial charge on any atom is 0.232 e. The van der Waals surface area contributed by atoms with E-state index in [4.69, 9.17) is 5.73 Å². The number of anilines is 1. The molecule has 2 heterocycles. The molecule has 0 unspecified atom stereocenters. The molecule has 0 aliphatic carbocycles. The van der Waals surface area contributed by atoms with Gasteiger partial charge in [-0.2, -0.15) is 9.36 Å². The standard InChI is InChI=1S/C7H5FN4S/c8-5-3-10-2-1-4(5)6-11-7(9)12-13-6/h1-3H,(H2,9,12). The van der Waals surface area contributed by atoms with Gasteiger partial charge < -0.3 is 5.73 Å². The van der Waals surface area contributed by atoms with Gasteiger partial charge in [0.25, 0.3) is 0 Å². The van der Waals surface area contributed by atoms with Gasteiger partial charge in [0.05, 0.1) is 11.8 Å². The monoisotopic (exact) mass is 196 g/mol. The maximum atomic E-state index is 13.1. The summed E-state index contributed by atoms with van der Waals surface area (Å²) in [5.74, 6) is -0.255. The highest BCUT2D eigenvalue weighted by molar-refractivity contribution is 7.09. The molecule has 13 heavy (non-hydrogen) atoms. The number of hydrogen-bond donors (Lipinski definition) is 1. The Bertz CT molecular complexity index is 428. The van der Waals surface area contributed by atoms with Crippen molar-refractivity contribution in [3.8, 4) is 10.6 Å². The van der Waals surface area contributed by atoms with Gasteiger partial charge in [-0.15, -0.1) is 0 Å². The molecular weight excluding hydrogens is 191 g/mol. The van der Waals surface area contributed by atoms with E-state index in [1.807, 2.05) is 0 Å².